The molecule has 28 heavy (non-hydrogen) atoms. The molecular formula is C20H26N4O3S. The lowest BCUT2D eigenvalue weighted by Gasteiger charge is -2.33. The van der Waals surface area contributed by atoms with Crippen molar-refractivity contribution >= 4 is 27.4 Å². The molecule has 0 atom stereocenters. The lowest BCUT2D eigenvalue weighted by atomic mass is 10.1. The summed E-state index contributed by atoms with van der Waals surface area (Å²) in [5, 5.41) is 2.71. The number of benzene rings is 1. The number of sulfonamides is 1. The molecule has 1 fully saturated rings. The number of piperidine rings is 1. The smallest absolute Gasteiger partial charge is 0.240 e. The molecular weight excluding hydrogens is 376 g/mol. The topological polar surface area (TPSA) is 91.4 Å². The number of hydrogen-bond acceptors (Lipinski definition) is 5. The molecule has 0 aliphatic carbocycles. The predicted molar refractivity (Wildman–Crippen MR) is 110 cm³/mol. The van der Waals surface area contributed by atoms with E-state index in [1.165, 1.54) is 12.1 Å². The van der Waals surface area contributed by atoms with Gasteiger partial charge in [-0.2, -0.15) is 0 Å². The van der Waals surface area contributed by atoms with Gasteiger partial charge in [-0.1, -0.05) is 13.0 Å². The van der Waals surface area contributed by atoms with Crippen LogP contribution in [0.3, 0.4) is 0 Å². The van der Waals surface area contributed by atoms with Crippen molar-refractivity contribution in [2.75, 3.05) is 23.3 Å². The molecule has 0 saturated carbocycles. The molecule has 8 heteroatoms. The summed E-state index contributed by atoms with van der Waals surface area (Å²) in [6.07, 6.45) is 1.82. The predicted octanol–water partition coefficient (Wildman–Crippen LogP) is 2.69. The Morgan fingerprint density at radius 2 is 1.82 bits per heavy atom. The summed E-state index contributed by atoms with van der Waals surface area (Å²) in [4.78, 5) is 18.3. The van der Waals surface area contributed by atoms with Gasteiger partial charge in [-0.3, -0.25) is 4.79 Å². The van der Waals surface area contributed by atoms with E-state index in [9.17, 15) is 13.2 Å². The molecule has 1 aliphatic heterocycles. The van der Waals surface area contributed by atoms with Crippen LogP contribution in [0.25, 0.3) is 0 Å². The van der Waals surface area contributed by atoms with Crippen molar-refractivity contribution in [2.45, 2.75) is 44.0 Å². The van der Waals surface area contributed by atoms with Gasteiger partial charge in [0, 0.05) is 36.9 Å². The zero-order valence-electron chi connectivity index (χ0n) is 16.2. The second kappa shape index (κ2) is 8.70. The number of hydrogen-bond donors (Lipinski definition) is 2. The molecule has 1 aliphatic rings. The number of rotatable bonds is 6. The molecule has 0 bridgehead atoms. The van der Waals surface area contributed by atoms with E-state index < -0.39 is 10.0 Å². The Balaban J connectivity index is 1.58. The first-order valence-electron chi connectivity index (χ1n) is 9.48. The normalized spacial score (nSPS) is 15.4. The maximum Gasteiger partial charge on any atom is 0.240 e. The van der Waals surface area contributed by atoms with Gasteiger partial charge in [0.05, 0.1) is 4.90 Å². The van der Waals surface area contributed by atoms with E-state index in [1.807, 2.05) is 25.1 Å². The summed E-state index contributed by atoms with van der Waals surface area (Å²) in [6, 6.07) is 12.1. The van der Waals surface area contributed by atoms with Crippen LogP contribution in [-0.4, -0.2) is 38.4 Å². The van der Waals surface area contributed by atoms with Crippen molar-refractivity contribution in [3.63, 3.8) is 0 Å². The van der Waals surface area contributed by atoms with Crippen LogP contribution in [0.2, 0.25) is 0 Å². The number of anilines is 2. The van der Waals surface area contributed by atoms with Gasteiger partial charge in [0.1, 0.15) is 5.82 Å². The minimum atomic E-state index is -3.60. The Bertz CT molecular complexity index is 921. The Hall–Kier alpha value is -2.45. The minimum absolute atomic E-state index is 0.106. The fraction of sp³-hybridized carbons (Fsp3) is 0.400. The summed E-state index contributed by atoms with van der Waals surface area (Å²) >= 11 is 0. The summed E-state index contributed by atoms with van der Waals surface area (Å²) in [6.45, 7) is 5.24. The number of carbonyl (C=O) groups is 1. The van der Waals surface area contributed by atoms with Crippen LogP contribution in [0.15, 0.2) is 47.4 Å². The Kier molecular flexibility index (Phi) is 6.31. The van der Waals surface area contributed by atoms with E-state index in [2.05, 4.69) is 19.9 Å². The highest BCUT2D eigenvalue weighted by molar-refractivity contribution is 7.89. The van der Waals surface area contributed by atoms with E-state index in [0.29, 0.717) is 12.1 Å². The van der Waals surface area contributed by atoms with Crippen LogP contribution in [0.5, 0.6) is 0 Å². The molecule has 7 nitrogen and oxygen atoms in total. The van der Waals surface area contributed by atoms with Crippen molar-refractivity contribution in [1.82, 2.24) is 9.71 Å². The van der Waals surface area contributed by atoms with Crippen molar-refractivity contribution in [3.8, 4) is 0 Å². The highest BCUT2D eigenvalue weighted by Gasteiger charge is 2.25. The lowest BCUT2D eigenvalue weighted by molar-refractivity contribution is -0.115. The van der Waals surface area contributed by atoms with E-state index >= 15 is 0 Å². The zero-order valence-corrected chi connectivity index (χ0v) is 17.0. The number of aromatic nitrogens is 1. The van der Waals surface area contributed by atoms with Crippen LogP contribution in [-0.2, 0) is 14.8 Å². The van der Waals surface area contributed by atoms with Crippen molar-refractivity contribution in [2.24, 2.45) is 0 Å². The first-order valence-corrected chi connectivity index (χ1v) is 11.0. The third-order valence-corrected chi connectivity index (χ3v) is 6.32. The van der Waals surface area contributed by atoms with Crippen LogP contribution in [0, 0.1) is 6.92 Å². The Morgan fingerprint density at radius 1 is 1.14 bits per heavy atom. The molecule has 0 spiro atoms. The van der Waals surface area contributed by atoms with Crippen molar-refractivity contribution < 1.29 is 13.2 Å². The molecule has 150 valence electrons. The third-order valence-electron chi connectivity index (χ3n) is 4.78. The summed E-state index contributed by atoms with van der Waals surface area (Å²) < 4.78 is 28.1. The van der Waals surface area contributed by atoms with Crippen LogP contribution < -0.4 is 14.9 Å². The van der Waals surface area contributed by atoms with Crippen LogP contribution in [0.1, 0.15) is 31.9 Å². The number of aryl methyl sites for hydroxylation is 1. The number of amides is 1. The quantitative estimate of drug-likeness (QED) is 0.775. The van der Waals surface area contributed by atoms with Gasteiger partial charge in [0.2, 0.25) is 15.9 Å². The SMILES string of the molecule is CCC(=O)Nc1ccc(S(=O)(=O)NC2CCN(c3cccc(C)n3)CC2)cc1. The van der Waals surface area contributed by atoms with Gasteiger partial charge in [-0.25, -0.2) is 18.1 Å². The molecule has 2 heterocycles. The second-order valence-electron chi connectivity index (χ2n) is 6.95. The number of pyridine rings is 1. The molecule has 1 aromatic heterocycles. The molecule has 1 amide bonds. The fourth-order valence-corrected chi connectivity index (χ4v) is 4.49. The van der Waals surface area contributed by atoms with Crippen LogP contribution >= 0.6 is 0 Å². The third kappa shape index (κ3) is 5.08. The minimum Gasteiger partial charge on any atom is -0.356 e. The second-order valence-corrected chi connectivity index (χ2v) is 8.66. The van der Waals surface area contributed by atoms with Gasteiger partial charge in [0.25, 0.3) is 0 Å². The fourth-order valence-electron chi connectivity index (χ4n) is 3.19. The number of carbonyl (C=O) groups excluding carboxylic acids is 1. The number of nitrogens with one attached hydrogen (secondary N) is 2. The Labute approximate surface area is 166 Å². The van der Waals surface area contributed by atoms with Gasteiger partial charge < -0.3 is 10.2 Å². The molecule has 0 unspecified atom stereocenters. The highest BCUT2D eigenvalue weighted by atomic mass is 32.2. The number of nitrogens with zero attached hydrogens (tertiary/aromatic N) is 2. The van der Waals surface area contributed by atoms with Gasteiger partial charge >= 0.3 is 0 Å². The van der Waals surface area contributed by atoms with Gasteiger partial charge in [-0.05, 0) is 56.2 Å². The van der Waals surface area contributed by atoms with Gasteiger partial charge in [0.15, 0.2) is 0 Å². The van der Waals surface area contributed by atoms with Crippen molar-refractivity contribution in [1.29, 1.82) is 0 Å². The maximum absolute atomic E-state index is 12.7. The summed E-state index contributed by atoms with van der Waals surface area (Å²) in [7, 11) is -3.60. The monoisotopic (exact) mass is 402 g/mol. The Morgan fingerprint density at radius 3 is 2.43 bits per heavy atom. The van der Waals surface area contributed by atoms with E-state index in [4.69, 9.17) is 0 Å². The molecule has 3 rings (SSSR count). The summed E-state index contributed by atoms with van der Waals surface area (Å²) in [5.41, 5.74) is 1.56. The largest absolute Gasteiger partial charge is 0.356 e. The zero-order chi connectivity index (χ0) is 20.1. The molecule has 0 radical (unpaired) electrons. The average molecular weight is 403 g/mol. The first-order chi connectivity index (χ1) is 13.4. The average Bonchev–Trinajstić information content (AvgIpc) is 2.68. The first kappa shape index (κ1) is 20.3. The van der Waals surface area contributed by atoms with E-state index in [1.54, 1.807) is 19.1 Å². The molecule has 2 aromatic rings. The van der Waals surface area contributed by atoms with E-state index in [-0.39, 0.29) is 16.8 Å². The van der Waals surface area contributed by atoms with Crippen LogP contribution in [0.4, 0.5) is 11.5 Å². The highest BCUT2D eigenvalue weighted by Crippen LogP contribution is 2.20. The summed E-state index contributed by atoms with van der Waals surface area (Å²) in [5.74, 6) is 0.828. The van der Waals surface area contributed by atoms with Gasteiger partial charge in [-0.15, -0.1) is 0 Å². The molecule has 2 N–H and O–H groups in total. The lowest BCUT2D eigenvalue weighted by Crippen LogP contribution is -2.44. The standard InChI is InChI=1S/C20H26N4O3S/c1-3-20(25)22-16-7-9-18(10-8-16)28(26,27)23-17-11-13-24(14-12-17)19-6-4-5-15(2)21-19/h4-10,17,23H,3,11-14H2,1-2H3,(H,22,25). The van der Waals surface area contributed by atoms with Crippen molar-refractivity contribution in [3.05, 3.63) is 48.2 Å². The molecule has 1 saturated heterocycles. The molecule has 1 aromatic carbocycles. The van der Waals surface area contributed by atoms with E-state index in [0.717, 1.165) is 37.4 Å². The maximum atomic E-state index is 12.7.